The summed E-state index contributed by atoms with van der Waals surface area (Å²) in [6.45, 7) is 0. The van der Waals surface area contributed by atoms with Crippen molar-refractivity contribution in [2.75, 3.05) is 5.32 Å². The fourth-order valence-corrected chi connectivity index (χ4v) is 3.29. The summed E-state index contributed by atoms with van der Waals surface area (Å²) < 4.78 is 39.5. The average Bonchev–Trinajstić information content (AvgIpc) is 3.38. The van der Waals surface area contributed by atoms with E-state index in [4.69, 9.17) is 11.6 Å². The molecule has 0 atom stereocenters. The maximum absolute atomic E-state index is 13.2. The van der Waals surface area contributed by atoms with Gasteiger partial charge in [0, 0.05) is 11.1 Å². The van der Waals surface area contributed by atoms with Crippen molar-refractivity contribution < 1.29 is 13.2 Å². The predicted molar refractivity (Wildman–Crippen MR) is 93.4 cm³/mol. The van der Waals surface area contributed by atoms with Gasteiger partial charge in [-0.15, -0.1) is 0 Å². The van der Waals surface area contributed by atoms with Gasteiger partial charge in [-0.1, -0.05) is 35.9 Å². The lowest BCUT2D eigenvalue weighted by molar-refractivity contribution is -0.160. The molecule has 2 nitrogen and oxygen atoms in total. The number of benzene rings is 2. The summed E-state index contributed by atoms with van der Waals surface area (Å²) >= 11 is 6.16. The maximum atomic E-state index is 13.2. The number of hydrogen-bond acceptors (Lipinski definition) is 2. The Morgan fingerprint density at radius 3 is 2.32 bits per heavy atom. The van der Waals surface area contributed by atoms with Gasteiger partial charge in [-0.05, 0) is 48.7 Å². The van der Waals surface area contributed by atoms with Crippen molar-refractivity contribution in [2.24, 2.45) is 0 Å². The summed E-state index contributed by atoms with van der Waals surface area (Å²) in [6, 6.07) is 15.6. The lowest BCUT2D eigenvalue weighted by atomic mass is 9.95. The van der Waals surface area contributed by atoms with Crippen LogP contribution in [0.4, 0.5) is 24.7 Å². The van der Waals surface area contributed by atoms with Crippen LogP contribution in [0.25, 0.3) is 10.9 Å². The highest BCUT2D eigenvalue weighted by Gasteiger charge is 2.64. The van der Waals surface area contributed by atoms with Gasteiger partial charge in [0.25, 0.3) is 0 Å². The zero-order valence-electron chi connectivity index (χ0n) is 13.1. The first-order valence-electron chi connectivity index (χ1n) is 7.89. The molecular weight excluding hydrogens is 349 g/mol. The molecule has 1 heterocycles. The SMILES string of the molecule is FC(F)(F)C1(c2ccc(Nc3ccc4cccc(Cl)c4n3)cc2)CC1. The Labute approximate surface area is 147 Å². The van der Waals surface area contributed by atoms with Gasteiger partial charge in [0.15, 0.2) is 0 Å². The van der Waals surface area contributed by atoms with Crippen LogP contribution in [0.1, 0.15) is 18.4 Å². The molecule has 1 fully saturated rings. The first-order valence-corrected chi connectivity index (χ1v) is 8.26. The number of aromatic nitrogens is 1. The Morgan fingerprint density at radius 2 is 1.68 bits per heavy atom. The largest absolute Gasteiger partial charge is 0.398 e. The first kappa shape index (κ1) is 16.2. The van der Waals surface area contributed by atoms with Gasteiger partial charge in [0.1, 0.15) is 5.82 Å². The van der Waals surface area contributed by atoms with Gasteiger partial charge >= 0.3 is 6.18 Å². The van der Waals surface area contributed by atoms with E-state index in [0.29, 0.717) is 27.6 Å². The van der Waals surface area contributed by atoms with E-state index in [9.17, 15) is 13.2 Å². The van der Waals surface area contributed by atoms with Crippen molar-refractivity contribution in [2.45, 2.75) is 24.4 Å². The highest BCUT2D eigenvalue weighted by molar-refractivity contribution is 6.35. The average molecular weight is 363 g/mol. The summed E-state index contributed by atoms with van der Waals surface area (Å²) in [5, 5.41) is 4.59. The molecule has 0 unspecified atom stereocenters. The van der Waals surface area contributed by atoms with Crippen LogP contribution < -0.4 is 5.32 Å². The van der Waals surface area contributed by atoms with E-state index in [0.717, 1.165) is 5.39 Å². The number of hydrogen-bond donors (Lipinski definition) is 1. The minimum Gasteiger partial charge on any atom is -0.340 e. The molecule has 1 aromatic heterocycles. The summed E-state index contributed by atoms with van der Waals surface area (Å²) in [4.78, 5) is 4.47. The van der Waals surface area contributed by atoms with Crippen LogP contribution in [0.5, 0.6) is 0 Å². The molecule has 0 spiro atoms. The predicted octanol–water partition coefficient (Wildman–Crippen LogP) is 6.23. The fourth-order valence-electron chi connectivity index (χ4n) is 3.06. The van der Waals surface area contributed by atoms with E-state index in [2.05, 4.69) is 10.3 Å². The molecule has 0 amide bonds. The van der Waals surface area contributed by atoms with E-state index < -0.39 is 11.6 Å². The second-order valence-corrected chi connectivity index (χ2v) is 6.70. The van der Waals surface area contributed by atoms with Crippen molar-refractivity contribution in [3.8, 4) is 0 Å². The molecule has 0 aliphatic heterocycles. The number of para-hydroxylation sites is 1. The summed E-state index contributed by atoms with van der Waals surface area (Å²) in [5.74, 6) is 0.588. The number of alkyl halides is 3. The number of pyridine rings is 1. The van der Waals surface area contributed by atoms with Crippen LogP contribution in [0.15, 0.2) is 54.6 Å². The number of fused-ring (bicyclic) bond motifs is 1. The Balaban J connectivity index is 1.59. The van der Waals surface area contributed by atoms with E-state index >= 15 is 0 Å². The van der Waals surface area contributed by atoms with Crippen molar-refractivity contribution >= 4 is 34.0 Å². The molecule has 1 saturated carbocycles. The molecule has 6 heteroatoms. The van der Waals surface area contributed by atoms with Crippen molar-refractivity contribution in [3.63, 3.8) is 0 Å². The molecule has 1 N–H and O–H groups in total. The third kappa shape index (κ3) is 2.82. The number of halogens is 4. The van der Waals surface area contributed by atoms with Crippen LogP contribution in [-0.2, 0) is 5.41 Å². The van der Waals surface area contributed by atoms with Gasteiger partial charge in [-0.2, -0.15) is 13.2 Å². The lowest BCUT2D eigenvalue weighted by Gasteiger charge is -2.20. The Morgan fingerprint density at radius 1 is 0.960 bits per heavy atom. The van der Waals surface area contributed by atoms with E-state index in [1.54, 1.807) is 18.2 Å². The molecule has 0 radical (unpaired) electrons. The minimum absolute atomic E-state index is 0.161. The smallest absolute Gasteiger partial charge is 0.340 e. The van der Waals surface area contributed by atoms with E-state index in [1.165, 1.54) is 12.1 Å². The summed E-state index contributed by atoms with van der Waals surface area (Å²) in [5.41, 5.74) is 0.0285. The number of nitrogens with zero attached hydrogens (tertiary/aromatic N) is 1. The maximum Gasteiger partial charge on any atom is 0.398 e. The van der Waals surface area contributed by atoms with Crippen molar-refractivity contribution in [1.29, 1.82) is 0 Å². The topological polar surface area (TPSA) is 24.9 Å². The van der Waals surface area contributed by atoms with Crippen molar-refractivity contribution in [1.82, 2.24) is 4.98 Å². The molecule has 3 aromatic rings. The first-order chi connectivity index (χ1) is 11.9. The third-order valence-corrected chi connectivity index (χ3v) is 4.98. The van der Waals surface area contributed by atoms with Crippen LogP contribution in [0, 0.1) is 0 Å². The molecular formula is C19H14ClF3N2. The molecule has 25 heavy (non-hydrogen) atoms. The summed E-state index contributed by atoms with van der Waals surface area (Å²) in [6.07, 6.45) is -3.87. The van der Waals surface area contributed by atoms with Gasteiger partial charge in [0.05, 0.1) is 16.0 Å². The zero-order chi connectivity index (χ0) is 17.7. The lowest BCUT2D eigenvalue weighted by Crippen LogP contribution is -2.28. The van der Waals surface area contributed by atoms with Gasteiger partial charge in [0.2, 0.25) is 0 Å². The van der Waals surface area contributed by atoms with Gasteiger partial charge in [-0.25, -0.2) is 4.98 Å². The number of rotatable bonds is 3. The second kappa shape index (κ2) is 5.63. The number of anilines is 2. The van der Waals surface area contributed by atoms with Gasteiger partial charge in [-0.3, -0.25) is 0 Å². The van der Waals surface area contributed by atoms with Crippen molar-refractivity contribution in [3.05, 3.63) is 65.2 Å². The Hall–Kier alpha value is -2.27. The monoisotopic (exact) mass is 362 g/mol. The quantitative estimate of drug-likeness (QED) is 0.597. The highest BCUT2D eigenvalue weighted by Crippen LogP contribution is 2.58. The van der Waals surface area contributed by atoms with Crippen LogP contribution in [0.3, 0.4) is 0 Å². The molecule has 0 saturated heterocycles. The molecule has 1 aliphatic rings. The fraction of sp³-hybridized carbons (Fsp3) is 0.211. The second-order valence-electron chi connectivity index (χ2n) is 6.29. The zero-order valence-corrected chi connectivity index (χ0v) is 13.8. The normalized spacial score (nSPS) is 16.0. The van der Waals surface area contributed by atoms with Crippen LogP contribution >= 0.6 is 11.6 Å². The van der Waals surface area contributed by atoms with Crippen LogP contribution in [-0.4, -0.2) is 11.2 Å². The molecule has 128 valence electrons. The molecule has 0 bridgehead atoms. The van der Waals surface area contributed by atoms with E-state index in [-0.39, 0.29) is 12.8 Å². The van der Waals surface area contributed by atoms with Gasteiger partial charge < -0.3 is 5.32 Å². The Bertz CT molecular complexity index is 932. The van der Waals surface area contributed by atoms with E-state index in [1.807, 2.05) is 24.3 Å². The summed E-state index contributed by atoms with van der Waals surface area (Å²) in [7, 11) is 0. The standard InChI is InChI=1S/C19H14ClF3N2/c20-15-3-1-2-12-4-9-16(25-17(12)15)24-14-7-5-13(6-8-14)18(10-11-18)19(21,22)23/h1-9H,10-11H2,(H,24,25). The molecule has 2 aromatic carbocycles. The highest BCUT2D eigenvalue weighted by atomic mass is 35.5. The molecule has 4 rings (SSSR count). The minimum atomic E-state index is -4.20. The Kier molecular flexibility index (Phi) is 3.65. The van der Waals surface area contributed by atoms with Crippen LogP contribution in [0.2, 0.25) is 5.02 Å². The number of nitrogens with one attached hydrogen (secondary N) is 1. The molecule has 1 aliphatic carbocycles. The third-order valence-electron chi connectivity index (χ3n) is 4.67.